The van der Waals surface area contributed by atoms with Gasteiger partial charge in [-0.25, -0.2) is 10.1 Å². The van der Waals surface area contributed by atoms with Crippen molar-refractivity contribution < 1.29 is 0 Å². The van der Waals surface area contributed by atoms with Gasteiger partial charge in [0.15, 0.2) is 5.65 Å². The second-order valence-electron chi connectivity index (χ2n) is 6.91. The van der Waals surface area contributed by atoms with Gasteiger partial charge >= 0.3 is 0 Å². The van der Waals surface area contributed by atoms with Crippen LogP contribution in [0.25, 0.3) is 27.8 Å². The van der Waals surface area contributed by atoms with Crippen LogP contribution in [0.4, 0.5) is 5.95 Å². The Balaban J connectivity index is 1.41. The molecule has 5 rings (SSSR count). The maximum atomic E-state index is 6.51. The quantitative estimate of drug-likeness (QED) is 0.334. The molecule has 0 atom stereocenters. The van der Waals surface area contributed by atoms with E-state index in [2.05, 4.69) is 41.9 Å². The summed E-state index contributed by atoms with van der Waals surface area (Å²) in [5.41, 5.74) is 8.66. The number of rotatable bonds is 4. The second kappa shape index (κ2) is 7.23. The lowest BCUT2D eigenvalue weighted by Crippen LogP contribution is -1.99. The molecule has 3 aromatic heterocycles. The first kappa shape index (κ1) is 18.3. The molecule has 0 saturated carbocycles. The van der Waals surface area contributed by atoms with Crippen molar-refractivity contribution in [1.29, 1.82) is 0 Å². The normalized spacial score (nSPS) is 11.7. The van der Waals surface area contributed by atoms with Gasteiger partial charge in [-0.3, -0.25) is 0 Å². The molecule has 148 valence electrons. The van der Waals surface area contributed by atoms with Crippen LogP contribution in [0.5, 0.6) is 0 Å². The van der Waals surface area contributed by atoms with Crippen molar-refractivity contribution in [3.8, 4) is 5.69 Å². The SMILES string of the molecule is Cc1ccc2[nH]c3nc(N/N=C\c4c(C)nn(-c5ccccc5)c4Cl)nnc3c2c1. The number of aryl methyl sites for hydroxylation is 2. The first-order valence-electron chi connectivity index (χ1n) is 9.32. The number of fused-ring (bicyclic) bond motifs is 3. The monoisotopic (exact) mass is 416 g/mol. The number of nitrogens with one attached hydrogen (secondary N) is 2. The minimum absolute atomic E-state index is 0.284. The molecule has 3 heterocycles. The van der Waals surface area contributed by atoms with Gasteiger partial charge in [-0.15, -0.1) is 10.2 Å². The van der Waals surface area contributed by atoms with Crippen LogP contribution in [0.3, 0.4) is 0 Å². The number of hydrogen-bond acceptors (Lipinski definition) is 6. The summed E-state index contributed by atoms with van der Waals surface area (Å²) < 4.78 is 1.68. The fourth-order valence-electron chi connectivity index (χ4n) is 3.29. The molecule has 9 heteroatoms. The number of aromatic nitrogens is 6. The lowest BCUT2D eigenvalue weighted by molar-refractivity contribution is 0.863. The van der Waals surface area contributed by atoms with Gasteiger partial charge in [0.05, 0.1) is 23.2 Å². The Kier molecular flexibility index (Phi) is 4.40. The van der Waals surface area contributed by atoms with Crippen molar-refractivity contribution in [2.24, 2.45) is 5.10 Å². The Morgan fingerprint density at radius 3 is 2.77 bits per heavy atom. The molecule has 5 aromatic rings. The Hall–Kier alpha value is -3.78. The fraction of sp³-hybridized carbons (Fsp3) is 0.0952. The van der Waals surface area contributed by atoms with E-state index in [-0.39, 0.29) is 5.95 Å². The summed E-state index contributed by atoms with van der Waals surface area (Å²) in [6, 6.07) is 15.8. The van der Waals surface area contributed by atoms with Gasteiger partial charge in [-0.2, -0.15) is 15.2 Å². The zero-order valence-electron chi connectivity index (χ0n) is 16.3. The minimum Gasteiger partial charge on any atom is -0.338 e. The van der Waals surface area contributed by atoms with Crippen molar-refractivity contribution in [2.75, 3.05) is 5.43 Å². The summed E-state index contributed by atoms with van der Waals surface area (Å²) >= 11 is 6.51. The molecule has 0 fully saturated rings. The number of anilines is 1. The molecular formula is C21H17ClN8. The van der Waals surface area contributed by atoms with Crippen LogP contribution >= 0.6 is 11.6 Å². The maximum Gasteiger partial charge on any atom is 0.265 e. The molecule has 0 radical (unpaired) electrons. The number of H-pyrrole nitrogens is 1. The fourth-order valence-corrected chi connectivity index (χ4v) is 3.61. The minimum atomic E-state index is 0.284. The Bertz CT molecular complexity index is 1400. The van der Waals surface area contributed by atoms with Crippen molar-refractivity contribution in [3.05, 3.63) is 70.5 Å². The molecule has 0 spiro atoms. The van der Waals surface area contributed by atoms with Gasteiger partial charge in [0.2, 0.25) is 0 Å². The standard InChI is InChI=1S/C21H17ClN8/c1-12-8-9-17-15(10-12)18-20(24-17)25-21(28-26-18)27-23-11-16-13(2)29-30(19(16)22)14-6-4-3-5-7-14/h3-11H,1-2H3,(H2,24,25,27,28)/b23-11-. The van der Waals surface area contributed by atoms with Crippen LogP contribution < -0.4 is 5.43 Å². The summed E-state index contributed by atoms with van der Waals surface area (Å²) in [6.07, 6.45) is 1.60. The summed E-state index contributed by atoms with van der Waals surface area (Å²) in [4.78, 5) is 7.72. The third-order valence-electron chi connectivity index (χ3n) is 4.78. The predicted octanol–water partition coefficient (Wildman–Crippen LogP) is 4.41. The summed E-state index contributed by atoms with van der Waals surface area (Å²) in [7, 11) is 0. The van der Waals surface area contributed by atoms with E-state index in [0.29, 0.717) is 16.4 Å². The van der Waals surface area contributed by atoms with Crippen LogP contribution in [-0.2, 0) is 0 Å². The lowest BCUT2D eigenvalue weighted by atomic mass is 10.2. The third-order valence-corrected chi connectivity index (χ3v) is 5.14. The molecule has 0 aliphatic carbocycles. The van der Waals surface area contributed by atoms with Crippen LogP contribution in [-0.4, -0.2) is 36.2 Å². The van der Waals surface area contributed by atoms with Crippen molar-refractivity contribution in [1.82, 2.24) is 29.9 Å². The molecule has 2 aromatic carbocycles. The van der Waals surface area contributed by atoms with E-state index in [1.165, 1.54) is 0 Å². The van der Waals surface area contributed by atoms with Crippen molar-refractivity contribution in [2.45, 2.75) is 13.8 Å². The highest BCUT2D eigenvalue weighted by atomic mass is 35.5. The van der Waals surface area contributed by atoms with Crippen molar-refractivity contribution >= 4 is 45.8 Å². The number of para-hydroxylation sites is 1. The van der Waals surface area contributed by atoms with Gasteiger partial charge in [0, 0.05) is 10.9 Å². The first-order chi connectivity index (χ1) is 14.6. The van der Waals surface area contributed by atoms with E-state index in [0.717, 1.165) is 33.4 Å². The van der Waals surface area contributed by atoms with Crippen LogP contribution in [0.1, 0.15) is 16.8 Å². The molecule has 8 nitrogen and oxygen atoms in total. The maximum absolute atomic E-state index is 6.51. The number of hydrogen-bond donors (Lipinski definition) is 2. The van der Waals surface area contributed by atoms with Gasteiger partial charge in [-0.1, -0.05) is 41.4 Å². The van der Waals surface area contributed by atoms with E-state index >= 15 is 0 Å². The number of aromatic amines is 1. The number of halogens is 1. The second-order valence-corrected chi connectivity index (χ2v) is 7.27. The van der Waals surface area contributed by atoms with E-state index < -0.39 is 0 Å². The Morgan fingerprint density at radius 1 is 1.10 bits per heavy atom. The zero-order valence-corrected chi connectivity index (χ0v) is 17.0. The number of hydrazone groups is 1. The molecule has 0 aliphatic rings. The van der Waals surface area contributed by atoms with E-state index in [1.54, 1.807) is 10.9 Å². The highest BCUT2D eigenvalue weighted by Crippen LogP contribution is 2.24. The third kappa shape index (κ3) is 3.17. The molecule has 30 heavy (non-hydrogen) atoms. The molecule has 0 aliphatic heterocycles. The highest BCUT2D eigenvalue weighted by Gasteiger charge is 2.13. The van der Waals surface area contributed by atoms with Gasteiger partial charge in [-0.05, 0) is 38.1 Å². The summed E-state index contributed by atoms with van der Waals surface area (Å²) in [5, 5.41) is 18.6. The van der Waals surface area contributed by atoms with Gasteiger partial charge in [0.25, 0.3) is 5.95 Å². The van der Waals surface area contributed by atoms with Gasteiger partial charge in [0.1, 0.15) is 10.7 Å². The molecule has 0 unspecified atom stereocenters. The van der Waals surface area contributed by atoms with Gasteiger partial charge < -0.3 is 4.98 Å². The largest absolute Gasteiger partial charge is 0.338 e. The van der Waals surface area contributed by atoms with Crippen LogP contribution in [0.15, 0.2) is 53.6 Å². The van der Waals surface area contributed by atoms with E-state index in [4.69, 9.17) is 11.6 Å². The molecule has 0 amide bonds. The summed E-state index contributed by atoms with van der Waals surface area (Å²) in [6.45, 7) is 3.92. The van der Waals surface area contributed by atoms with E-state index in [1.807, 2.05) is 56.3 Å². The predicted molar refractivity (Wildman–Crippen MR) is 118 cm³/mol. The van der Waals surface area contributed by atoms with Crippen molar-refractivity contribution in [3.63, 3.8) is 0 Å². The lowest BCUT2D eigenvalue weighted by Gasteiger charge is -2.01. The number of nitrogens with zero attached hydrogens (tertiary/aromatic N) is 6. The zero-order chi connectivity index (χ0) is 20.7. The average Bonchev–Trinajstić information content (AvgIpc) is 3.25. The Morgan fingerprint density at radius 2 is 1.93 bits per heavy atom. The summed E-state index contributed by atoms with van der Waals surface area (Å²) in [5.74, 6) is 0.284. The topological polar surface area (TPSA) is 96.7 Å². The molecule has 0 saturated heterocycles. The number of benzene rings is 2. The Labute approximate surface area is 176 Å². The molecular weight excluding hydrogens is 400 g/mol. The van der Waals surface area contributed by atoms with Crippen LogP contribution in [0.2, 0.25) is 5.15 Å². The first-order valence-corrected chi connectivity index (χ1v) is 9.70. The average molecular weight is 417 g/mol. The van der Waals surface area contributed by atoms with Crippen LogP contribution in [0, 0.1) is 13.8 Å². The molecule has 2 N–H and O–H groups in total. The highest BCUT2D eigenvalue weighted by molar-refractivity contribution is 6.32. The van der Waals surface area contributed by atoms with E-state index in [9.17, 15) is 0 Å². The smallest absolute Gasteiger partial charge is 0.265 e. The molecule has 0 bridgehead atoms.